The molecule has 2 fully saturated rings. The van der Waals surface area contributed by atoms with Gasteiger partial charge in [-0.05, 0) is 31.7 Å². The van der Waals surface area contributed by atoms with Crippen LogP contribution in [0.1, 0.15) is 25.7 Å². The summed E-state index contributed by atoms with van der Waals surface area (Å²) in [6, 6.07) is 6.32. The average Bonchev–Trinajstić information content (AvgIpc) is 3.31. The first-order chi connectivity index (χ1) is 12.2. The van der Waals surface area contributed by atoms with Crippen LogP contribution in [0.3, 0.4) is 0 Å². The quantitative estimate of drug-likeness (QED) is 0.787. The molecular formula is C19H29N3O3. The predicted molar refractivity (Wildman–Crippen MR) is 98.5 cm³/mol. The first kappa shape index (κ1) is 17.9. The van der Waals surface area contributed by atoms with Crippen LogP contribution < -0.4 is 25.0 Å². The molecule has 2 saturated heterocycles. The van der Waals surface area contributed by atoms with Gasteiger partial charge in [0, 0.05) is 56.0 Å². The molecule has 3 rings (SSSR count). The number of ether oxygens (including phenoxy) is 2. The maximum atomic E-state index is 12.1. The lowest BCUT2D eigenvalue weighted by atomic mass is 10.1. The molecule has 0 saturated carbocycles. The summed E-state index contributed by atoms with van der Waals surface area (Å²) in [4.78, 5) is 14.4. The van der Waals surface area contributed by atoms with Gasteiger partial charge in [0.05, 0.1) is 14.2 Å². The second-order valence-electron chi connectivity index (χ2n) is 6.97. The third-order valence-electron chi connectivity index (χ3n) is 5.17. The smallest absolute Gasteiger partial charge is 0.221 e. The van der Waals surface area contributed by atoms with Gasteiger partial charge in [-0.3, -0.25) is 4.79 Å². The van der Waals surface area contributed by atoms with Crippen molar-refractivity contribution in [1.82, 2.24) is 10.6 Å². The number of carbonyl (C=O) groups is 1. The van der Waals surface area contributed by atoms with Crippen LogP contribution in [0.4, 0.5) is 5.69 Å². The number of rotatable bonds is 7. The van der Waals surface area contributed by atoms with Crippen LogP contribution in [-0.4, -0.2) is 52.3 Å². The van der Waals surface area contributed by atoms with Crippen molar-refractivity contribution in [1.29, 1.82) is 0 Å². The van der Waals surface area contributed by atoms with E-state index in [9.17, 15) is 4.79 Å². The number of hydrogen-bond acceptors (Lipinski definition) is 5. The van der Waals surface area contributed by atoms with Crippen molar-refractivity contribution in [3.63, 3.8) is 0 Å². The van der Waals surface area contributed by atoms with Crippen molar-refractivity contribution in [2.45, 2.75) is 31.7 Å². The Bertz CT molecular complexity index is 565. The molecule has 0 radical (unpaired) electrons. The molecule has 0 aliphatic carbocycles. The second-order valence-corrected chi connectivity index (χ2v) is 6.97. The summed E-state index contributed by atoms with van der Waals surface area (Å²) in [5.41, 5.74) is 1.11. The maximum absolute atomic E-state index is 12.1. The van der Waals surface area contributed by atoms with Gasteiger partial charge in [-0.1, -0.05) is 0 Å². The molecule has 1 aromatic rings. The Hall–Kier alpha value is -1.95. The van der Waals surface area contributed by atoms with Crippen molar-refractivity contribution >= 4 is 11.6 Å². The monoisotopic (exact) mass is 347 g/mol. The van der Waals surface area contributed by atoms with Crippen molar-refractivity contribution < 1.29 is 14.3 Å². The van der Waals surface area contributed by atoms with Crippen LogP contribution in [0.15, 0.2) is 18.2 Å². The number of amides is 1. The summed E-state index contributed by atoms with van der Waals surface area (Å²) in [7, 11) is 3.33. The minimum Gasteiger partial charge on any atom is -0.497 e. The minimum absolute atomic E-state index is 0.167. The highest BCUT2D eigenvalue weighted by Crippen LogP contribution is 2.31. The van der Waals surface area contributed by atoms with Crippen LogP contribution in [0.2, 0.25) is 0 Å². The number of benzene rings is 1. The third-order valence-corrected chi connectivity index (χ3v) is 5.17. The van der Waals surface area contributed by atoms with E-state index in [0.717, 1.165) is 56.2 Å². The van der Waals surface area contributed by atoms with Crippen molar-refractivity contribution in [3.05, 3.63) is 18.2 Å². The van der Waals surface area contributed by atoms with Crippen molar-refractivity contribution in [2.75, 3.05) is 45.3 Å². The van der Waals surface area contributed by atoms with Gasteiger partial charge in [0.2, 0.25) is 5.91 Å². The number of carbonyl (C=O) groups excluding carboxylic acids is 1. The van der Waals surface area contributed by atoms with E-state index < -0.39 is 0 Å². The second kappa shape index (κ2) is 8.43. The lowest BCUT2D eigenvalue weighted by molar-refractivity contribution is -0.121. The Balaban J connectivity index is 1.49. The Morgan fingerprint density at radius 2 is 2.00 bits per heavy atom. The summed E-state index contributed by atoms with van der Waals surface area (Å²) in [5.74, 6) is 2.25. The third kappa shape index (κ3) is 4.78. The zero-order valence-electron chi connectivity index (χ0n) is 15.2. The molecular weight excluding hydrogens is 318 g/mol. The summed E-state index contributed by atoms with van der Waals surface area (Å²) in [5, 5.41) is 6.49. The topological polar surface area (TPSA) is 62.8 Å². The summed E-state index contributed by atoms with van der Waals surface area (Å²) in [6.07, 6.45) is 3.98. The molecule has 0 bridgehead atoms. The Kier molecular flexibility index (Phi) is 6.02. The Morgan fingerprint density at radius 3 is 2.64 bits per heavy atom. The number of methoxy groups -OCH3 is 2. The molecule has 0 spiro atoms. The highest BCUT2D eigenvalue weighted by molar-refractivity contribution is 5.76. The fourth-order valence-corrected chi connectivity index (χ4v) is 3.69. The van der Waals surface area contributed by atoms with Crippen LogP contribution in [0.25, 0.3) is 0 Å². The van der Waals surface area contributed by atoms with Gasteiger partial charge in [-0.2, -0.15) is 0 Å². The Labute approximate surface area is 149 Å². The lowest BCUT2D eigenvalue weighted by Crippen LogP contribution is -2.35. The van der Waals surface area contributed by atoms with Gasteiger partial charge >= 0.3 is 0 Å². The van der Waals surface area contributed by atoms with E-state index in [2.05, 4.69) is 15.5 Å². The van der Waals surface area contributed by atoms with Gasteiger partial charge in [-0.25, -0.2) is 0 Å². The lowest BCUT2D eigenvalue weighted by Gasteiger charge is -2.20. The van der Waals surface area contributed by atoms with Gasteiger partial charge in [0.25, 0.3) is 0 Å². The predicted octanol–water partition coefficient (Wildman–Crippen LogP) is 1.79. The summed E-state index contributed by atoms with van der Waals surface area (Å²) in [6.45, 7) is 3.72. The van der Waals surface area contributed by atoms with Crippen LogP contribution in [-0.2, 0) is 4.79 Å². The molecule has 138 valence electrons. The van der Waals surface area contributed by atoms with Crippen molar-refractivity contribution in [2.24, 2.45) is 5.92 Å². The van der Waals surface area contributed by atoms with Gasteiger partial charge in [-0.15, -0.1) is 0 Å². The fraction of sp³-hybridized carbons (Fsp3) is 0.632. The zero-order valence-corrected chi connectivity index (χ0v) is 15.2. The maximum Gasteiger partial charge on any atom is 0.221 e. The number of nitrogens with zero attached hydrogens (tertiary/aromatic N) is 1. The van der Waals surface area contributed by atoms with E-state index >= 15 is 0 Å². The normalized spacial score (nSPS) is 22.9. The fourth-order valence-electron chi connectivity index (χ4n) is 3.69. The zero-order chi connectivity index (χ0) is 17.6. The van der Waals surface area contributed by atoms with Gasteiger partial charge in [0.15, 0.2) is 0 Å². The molecule has 2 heterocycles. The average molecular weight is 347 g/mol. The van der Waals surface area contributed by atoms with Gasteiger partial charge in [0.1, 0.15) is 11.5 Å². The number of hydrogen-bond donors (Lipinski definition) is 2. The molecule has 6 heteroatoms. The highest BCUT2D eigenvalue weighted by atomic mass is 16.5. The molecule has 1 aromatic carbocycles. The SMILES string of the molecule is COc1cc(OC)cc(N2CCC(CNC(=O)CC3CCCN3)C2)c1. The molecule has 2 N–H and O–H groups in total. The molecule has 2 unspecified atom stereocenters. The number of nitrogens with one attached hydrogen (secondary N) is 2. The standard InChI is InChI=1S/C19H29N3O3/c1-24-17-9-16(10-18(11-17)25-2)22-7-5-14(13-22)12-21-19(23)8-15-4-3-6-20-15/h9-11,14-15,20H,3-8,12-13H2,1-2H3,(H,21,23). The van der Waals surface area contributed by atoms with E-state index in [4.69, 9.17) is 9.47 Å². The molecule has 0 aromatic heterocycles. The first-order valence-electron chi connectivity index (χ1n) is 9.16. The van der Waals surface area contributed by atoms with Crippen molar-refractivity contribution in [3.8, 4) is 11.5 Å². The molecule has 2 aliphatic heterocycles. The number of anilines is 1. The molecule has 25 heavy (non-hydrogen) atoms. The van der Waals surface area contributed by atoms with E-state index in [1.807, 2.05) is 18.2 Å². The van der Waals surface area contributed by atoms with E-state index in [0.29, 0.717) is 18.4 Å². The molecule has 1 amide bonds. The molecule has 6 nitrogen and oxygen atoms in total. The van der Waals surface area contributed by atoms with E-state index in [1.54, 1.807) is 14.2 Å². The largest absolute Gasteiger partial charge is 0.497 e. The Morgan fingerprint density at radius 1 is 1.24 bits per heavy atom. The van der Waals surface area contributed by atoms with E-state index in [-0.39, 0.29) is 5.91 Å². The molecule has 2 aliphatic rings. The van der Waals surface area contributed by atoms with Crippen LogP contribution >= 0.6 is 0 Å². The summed E-state index contributed by atoms with van der Waals surface area (Å²) >= 11 is 0. The molecule has 2 atom stereocenters. The minimum atomic E-state index is 0.167. The summed E-state index contributed by atoms with van der Waals surface area (Å²) < 4.78 is 10.7. The van der Waals surface area contributed by atoms with Gasteiger partial charge < -0.3 is 25.0 Å². The van der Waals surface area contributed by atoms with Crippen LogP contribution in [0.5, 0.6) is 11.5 Å². The van der Waals surface area contributed by atoms with E-state index in [1.165, 1.54) is 6.42 Å². The van der Waals surface area contributed by atoms with Crippen LogP contribution in [0, 0.1) is 5.92 Å². The first-order valence-corrected chi connectivity index (χ1v) is 9.16. The highest BCUT2D eigenvalue weighted by Gasteiger charge is 2.24.